The molecule has 5 nitrogen and oxygen atoms in total. The van der Waals surface area contributed by atoms with Crippen molar-refractivity contribution >= 4 is 34.1 Å². The summed E-state index contributed by atoms with van der Waals surface area (Å²) in [6.45, 7) is 7.61. The standard InChI is InChI=1S/C19H20ClN5/c1-13-11-18(23-16-6-4-3-5-15(13)16)24-7-9-25(10-8-24)19-12-17(20)21-14(2)22-19/h3-6,11-12H,7-10H2,1-2H3. The zero-order valence-corrected chi connectivity index (χ0v) is 15.2. The summed E-state index contributed by atoms with van der Waals surface area (Å²) in [5, 5.41) is 1.72. The fourth-order valence-corrected chi connectivity index (χ4v) is 3.56. The Morgan fingerprint density at radius 1 is 0.840 bits per heavy atom. The van der Waals surface area contributed by atoms with Crippen LogP contribution in [-0.2, 0) is 0 Å². The molecule has 1 aliphatic heterocycles. The van der Waals surface area contributed by atoms with Crippen LogP contribution in [0.5, 0.6) is 0 Å². The summed E-state index contributed by atoms with van der Waals surface area (Å²) < 4.78 is 0. The number of fused-ring (bicyclic) bond motifs is 1. The minimum Gasteiger partial charge on any atom is -0.353 e. The van der Waals surface area contributed by atoms with E-state index in [9.17, 15) is 0 Å². The van der Waals surface area contributed by atoms with Crippen LogP contribution in [0.3, 0.4) is 0 Å². The van der Waals surface area contributed by atoms with Crippen LogP contribution in [0.2, 0.25) is 5.15 Å². The lowest BCUT2D eigenvalue weighted by Crippen LogP contribution is -2.47. The molecule has 1 aliphatic rings. The zero-order valence-electron chi connectivity index (χ0n) is 14.4. The SMILES string of the molecule is Cc1nc(Cl)cc(N2CCN(c3cc(C)c4ccccc4n3)CC2)n1. The molecule has 3 aromatic rings. The molecule has 25 heavy (non-hydrogen) atoms. The highest BCUT2D eigenvalue weighted by atomic mass is 35.5. The van der Waals surface area contributed by atoms with Crippen LogP contribution in [0.15, 0.2) is 36.4 Å². The third kappa shape index (κ3) is 3.24. The van der Waals surface area contributed by atoms with Crippen molar-refractivity contribution in [3.8, 4) is 0 Å². The van der Waals surface area contributed by atoms with Crippen molar-refractivity contribution < 1.29 is 0 Å². The van der Waals surface area contributed by atoms with Gasteiger partial charge in [0.25, 0.3) is 0 Å². The highest BCUT2D eigenvalue weighted by Gasteiger charge is 2.20. The van der Waals surface area contributed by atoms with Crippen LogP contribution in [0.25, 0.3) is 10.9 Å². The molecule has 0 radical (unpaired) electrons. The third-order valence-electron chi connectivity index (χ3n) is 4.63. The molecule has 0 spiro atoms. The maximum Gasteiger partial charge on any atom is 0.134 e. The van der Waals surface area contributed by atoms with E-state index in [2.05, 4.69) is 51.0 Å². The number of halogens is 1. The summed E-state index contributed by atoms with van der Waals surface area (Å²) in [6.07, 6.45) is 0. The van der Waals surface area contributed by atoms with Crippen LogP contribution in [-0.4, -0.2) is 41.1 Å². The highest BCUT2D eigenvalue weighted by Crippen LogP contribution is 2.24. The Morgan fingerprint density at radius 2 is 1.48 bits per heavy atom. The molecular formula is C19H20ClN5. The van der Waals surface area contributed by atoms with E-state index in [1.165, 1.54) is 10.9 Å². The Morgan fingerprint density at radius 3 is 2.16 bits per heavy atom. The van der Waals surface area contributed by atoms with Crippen molar-refractivity contribution in [3.05, 3.63) is 52.9 Å². The van der Waals surface area contributed by atoms with Gasteiger partial charge in [0.1, 0.15) is 22.6 Å². The molecule has 1 fully saturated rings. The van der Waals surface area contributed by atoms with Gasteiger partial charge >= 0.3 is 0 Å². The number of para-hydroxylation sites is 1. The first-order chi connectivity index (χ1) is 12.1. The lowest BCUT2D eigenvalue weighted by molar-refractivity contribution is 0.640. The Bertz CT molecular complexity index is 899. The van der Waals surface area contributed by atoms with Crippen LogP contribution in [0.1, 0.15) is 11.4 Å². The number of hydrogen-bond acceptors (Lipinski definition) is 5. The summed E-state index contributed by atoms with van der Waals surface area (Å²) in [5.41, 5.74) is 2.32. The number of aryl methyl sites for hydroxylation is 2. The first-order valence-electron chi connectivity index (χ1n) is 8.47. The van der Waals surface area contributed by atoms with Crippen molar-refractivity contribution in [2.75, 3.05) is 36.0 Å². The minimum absolute atomic E-state index is 0.497. The van der Waals surface area contributed by atoms with Gasteiger partial charge < -0.3 is 9.80 Å². The molecule has 0 amide bonds. The quantitative estimate of drug-likeness (QED) is 0.658. The largest absolute Gasteiger partial charge is 0.353 e. The first-order valence-corrected chi connectivity index (χ1v) is 8.85. The van der Waals surface area contributed by atoms with Gasteiger partial charge in [0.2, 0.25) is 0 Å². The molecule has 0 saturated carbocycles. The first kappa shape index (κ1) is 16.1. The van der Waals surface area contributed by atoms with Gasteiger partial charge in [-0.3, -0.25) is 0 Å². The molecule has 6 heteroatoms. The van der Waals surface area contributed by atoms with E-state index >= 15 is 0 Å². The Balaban J connectivity index is 1.54. The number of aromatic nitrogens is 3. The maximum absolute atomic E-state index is 6.07. The van der Waals surface area contributed by atoms with Gasteiger partial charge in [-0.05, 0) is 31.5 Å². The summed E-state index contributed by atoms with van der Waals surface area (Å²) >= 11 is 6.07. The summed E-state index contributed by atoms with van der Waals surface area (Å²) in [6, 6.07) is 12.3. The minimum atomic E-state index is 0.497. The van der Waals surface area contributed by atoms with Gasteiger partial charge in [-0.25, -0.2) is 15.0 Å². The number of anilines is 2. The van der Waals surface area contributed by atoms with Crippen molar-refractivity contribution in [1.82, 2.24) is 15.0 Å². The molecule has 0 aliphatic carbocycles. The number of benzene rings is 1. The van der Waals surface area contributed by atoms with Crippen molar-refractivity contribution in [1.29, 1.82) is 0 Å². The lowest BCUT2D eigenvalue weighted by atomic mass is 10.1. The molecule has 0 unspecified atom stereocenters. The van der Waals surface area contributed by atoms with Gasteiger partial charge in [0, 0.05) is 37.6 Å². The Kier molecular flexibility index (Phi) is 4.17. The average Bonchev–Trinajstić information content (AvgIpc) is 2.61. The second-order valence-electron chi connectivity index (χ2n) is 6.38. The second kappa shape index (κ2) is 6.48. The van der Waals surface area contributed by atoms with Crippen LogP contribution in [0, 0.1) is 13.8 Å². The zero-order chi connectivity index (χ0) is 17.4. The molecule has 0 atom stereocenters. The van der Waals surface area contributed by atoms with Crippen molar-refractivity contribution in [3.63, 3.8) is 0 Å². The van der Waals surface area contributed by atoms with Gasteiger partial charge in [-0.2, -0.15) is 0 Å². The third-order valence-corrected chi connectivity index (χ3v) is 4.82. The van der Waals surface area contributed by atoms with E-state index in [1.807, 2.05) is 19.1 Å². The monoisotopic (exact) mass is 353 g/mol. The number of hydrogen-bond donors (Lipinski definition) is 0. The van der Waals surface area contributed by atoms with E-state index in [0.29, 0.717) is 11.0 Å². The van der Waals surface area contributed by atoms with Gasteiger partial charge in [-0.15, -0.1) is 0 Å². The predicted molar refractivity (Wildman–Crippen MR) is 103 cm³/mol. The molecule has 1 aromatic carbocycles. The van der Waals surface area contributed by atoms with Crippen molar-refractivity contribution in [2.45, 2.75) is 13.8 Å². The predicted octanol–water partition coefficient (Wildman–Crippen LogP) is 3.62. The van der Waals surface area contributed by atoms with E-state index in [1.54, 1.807) is 0 Å². The van der Waals surface area contributed by atoms with Gasteiger partial charge in [0.15, 0.2) is 0 Å². The topological polar surface area (TPSA) is 45.2 Å². The molecule has 0 bridgehead atoms. The molecule has 2 aromatic heterocycles. The molecule has 128 valence electrons. The normalized spacial score (nSPS) is 15.0. The molecule has 3 heterocycles. The van der Waals surface area contributed by atoms with E-state index < -0.39 is 0 Å². The smallest absolute Gasteiger partial charge is 0.134 e. The lowest BCUT2D eigenvalue weighted by Gasteiger charge is -2.36. The van der Waals surface area contributed by atoms with Gasteiger partial charge in [0.05, 0.1) is 5.52 Å². The number of nitrogens with zero attached hydrogens (tertiary/aromatic N) is 5. The summed E-state index contributed by atoms with van der Waals surface area (Å²) in [7, 11) is 0. The van der Waals surface area contributed by atoms with Crippen molar-refractivity contribution in [2.24, 2.45) is 0 Å². The summed E-state index contributed by atoms with van der Waals surface area (Å²) in [4.78, 5) is 18.1. The second-order valence-corrected chi connectivity index (χ2v) is 6.77. The Labute approximate surface area is 152 Å². The summed E-state index contributed by atoms with van der Waals surface area (Å²) in [5.74, 6) is 2.66. The number of pyridine rings is 1. The van der Waals surface area contributed by atoms with Crippen LogP contribution < -0.4 is 9.80 Å². The van der Waals surface area contributed by atoms with Crippen LogP contribution in [0.4, 0.5) is 11.6 Å². The fourth-order valence-electron chi connectivity index (χ4n) is 3.34. The van der Waals surface area contributed by atoms with E-state index in [0.717, 1.165) is 43.3 Å². The highest BCUT2D eigenvalue weighted by molar-refractivity contribution is 6.29. The fraction of sp³-hybridized carbons (Fsp3) is 0.316. The molecular weight excluding hydrogens is 334 g/mol. The van der Waals surface area contributed by atoms with Gasteiger partial charge in [-0.1, -0.05) is 29.8 Å². The maximum atomic E-state index is 6.07. The number of piperazine rings is 1. The Hall–Kier alpha value is -2.40. The number of rotatable bonds is 2. The molecule has 4 rings (SSSR count). The molecule has 1 saturated heterocycles. The van der Waals surface area contributed by atoms with Crippen LogP contribution >= 0.6 is 11.6 Å². The van der Waals surface area contributed by atoms with E-state index in [-0.39, 0.29) is 0 Å². The van der Waals surface area contributed by atoms with E-state index in [4.69, 9.17) is 16.6 Å². The average molecular weight is 354 g/mol. The molecule has 0 N–H and O–H groups in total.